The molecule has 1 amide bonds. The summed E-state index contributed by atoms with van der Waals surface area (Å²) in [4.78, 5) is 32.4. The molecule has 0 bridgehead atoms. The Morgan fingerprint density at radius 1 is 1.19 bits per heavy atom. The molecule has 1 aliphatic rings. The summed E-state index contributed by atoms with van der Waals surface area (Å²) >= 11 is 0. The van der Waals surface area contributed by atoms with E-state index in [1.165, 1.54) is 18.2 Å². The van der Waals surface area contributed by atoms with Gasteiger partial charge >= 0.3 is 11.9 Å². The molecule has 0 saturated heterocycles. The van der Waals surface area contributed by atoms with Crippen molar-refractivity contribution in [2.24, 2.45) is 0 Å². The van der Waals surface area contributed by atoms with E-state index in [-0.39, 0.29) is 17.6 Å². The maximum absolute atomic E-state index is 10.9. The smallest absolute Gasteiger partial charge is 0.343 e. The number of nitrogens with one attached hydrogen (secondary N) is 1. The Kier molecular flexibility index (Phi) is 3.24. The summed E-state index contributed by atoms with van der Waals surface area (Å²) < 4.78 is 0. The van der Waals surface area contributed by atoms with Gasteiger partial charge in [-0.3, -0.25) is 10.5 Å². The number of hydrogen-bond donors (Lipinski definition) is 2. The molecule has 6 heteroatoms. The molecule has 1 aliphatic carbocycles. The predicted molar refractivity (Wildman–Crippen MR) is 52.2 cm³/mol. The van der Waals surface area contributed by atoms with Crippen molar-refractivity contribution >= 4 is 17.8 Å². The van der Waals surface area contributed by atoms with Crippen LogP contribution in [0.15, 0.2) is 34.9 Å². The number of rotatable bonds is 3. The van der Waals surface area contributed by atoms with Gasteiger partial charge in [0.05, 0.1) is 0 Å². The van der Waals surface area contributed by atoms with Crippen LogP contribution in [0.5, 0.6) is 0 Å². The minimum atomic E-state index is -1.62. The van der Waals surface area contributed by atoms with Crippen LogP contribution >= 0.6 is 0 Å². The molecule has 0 spiro atoms. The van der Waals surface area contributed by atoms with Gasteiger partial charge in [-0.1, -0.05) is 12.2 Å². The lowest BCUT2D eigenvalue weighted by Crippen LogP contribution is -2.18. The fourth-order valence-electron chi connectivity index (χ4n) is 1.36. The lowest BCUT2D eigenvalue weighted by molar-refractivity contribution is -0.140. The lowest BCUT2D eigenvalue weighted by atomic mass is 9.92. The van der Waals surface area contributed by atoms with Crippen LogP contribution in [-0.2, 0) is 14.4 Å². The highest BCUT2D eigenvalue weighted by Crippen LogP contribution is 2.23. The van der Waals surface area contributed by atoms with Crippen molar-refractivity contribution < 1.29 is 24.6 Å². The van der Waals surface area contributed by atoms with Crippen LogP contribution in [0, 0.1) is 0 Å². The monoisotopic (exact) mass is 222 g/mol. The van der Waals surface area contributed by atoms with Crippen molar-refractivity contribution in [2.45, 2.75) is 6.42 Å². The molecule has 0 saturated carbocycles. The van der Waals surface area contributed by atoms with Crippen molar-refractivity contribution in [3.8, 4) is 0 Å². The molecular weight excluding hydrogens is 214 g/mol. The van der Waals surface area contributed by atoms with Gasteiger partial charge in [0, 0.05) is 5.57 Å². The fraction of sp³-hybridized carbons (Fsp3) is 0.100. The SMILES string of the molecule is [NH]C(=O)C1=CC=CCC1=C(C(=O)O)C(=O)O. The van der Waals surface area contributed by atoms with E-state index in [9.17, 15) is 14.4 Å². The summed E-state index contributed by atoms with van der Waals surface area (Å²) in [6.07, 6.45) is 4.25. The summed E-state index contributed by atoms with van der Waals surface area (Å²) in [6, 6.07) is 0. The fourth-order valence-corrected chi connectivity index (χ4v) is 1.36. The number of carbonyl (C=O) groups is 3. The number of hydrogen-bond acceptors (Lipinski definition) is 3. The van der Waals surface area contributed by atoms with Crippen LogP contribution in [0.25, 0.3) is 0 Å². The predicted octanol–water partition coefficient (Wildman–Crippen LogP) is 0.148. The second kappa shape index (κ2) is 4.43. The van der Waals surface area contributed by atoms with Gasteiger partial charge in [0.2, 0.25) is 0 Å². The Bertz CT molecular complexity index is 440. The van der Waals surface area contributed by atoms with E-state index in [2.05, 4.69) is 0 Å². The molecule has 0 atom stereocenters. The van der Waals surface area contributed by atoms with Gasteiger partial charge in [-0.2, -0.15) is 0 Å². The van der Waals surface area contributed by atoms with E-state index >= 15 is 0 Å². The molecule has 0 heterocycles. The van der Waals surface area contributed by atoms with Crippen molar-refractivity contribution in [3.05, 3.63) is 34.9 Å². The molecule has 0 fully saturated rings. The molecule has 0 aromatic carbocycles. The second-order valence-electron chi connectivity index (χ2n) is 3.01. The maximum Gasteiger partial charge on any atom is 0.343 e. The number of carbonyl (C=O) groups excluding carboxylic acids is 1. The zero-order valence-electron chi connectivity index (χ0n) is 8.06. The van der Waals surface area contributed by atoms with E-state index in [0.717, 1.165) is 0 Å². The molecule has 16 heavy (non-hydrogen) atoms. The molecular formula is C10H8NO5. The lowest BCUT2D eigenvalue weighted by Gasteiger charge is -2.11. The van der Waals surface area contributed by atoms with E-state index in [4.69, 9.17) is 15.9 Å². The number of allylic oxidation sites excluding steroid dienone is 3. The normalized spacial score (nSPS) is 14.2. The first kappa shape index (κ1) is 11.7. The van der Waals surface area contributed by atoms with Crippen molar-refractivity contribution in [3.63, 3.8) is 0 Å². The van der Waals surface area contributed by atoms with E-state index in [0.29, 0.717) is 0 Å². The third-order valence-electron chi connectivity index (χ3n) is 2.02. The highest BCUT2D eigenvalue weighted by Gasteiger charge is 2.26. The number of aliphatic carboxylic acids is 2. The van der Waals surface area contributed by atoms with Gasteiger partial charge < -0.3 is 10.2 Å². The molecule has 0 aromatic rings. The largest absolute Gasteiger partial charge is 0.477 e. The van der Waals surface area contributed by atoms with Gasteiger partial charge in [0.1, 0.15) is 5.57 Å². The summed E-state index contributed by atoms with van der Waals surface area (Å²) in [5.41, 5.74) is 5.72. The van der Waals surface area contributed by atoms with Gasteiger partial charge in [-0.05, 0) is 18.1 Å². The van der Waals surface area contributed by atoms with Crippen molar-refractivity contribution in [2.75, 3.05) is 0 Å². The summed E-state index contributed by atoms with van der Waals surface area (Å²) in [7, 11) is 0. The van der Waals surface area contributed by atoms with Gasteiger partial charge in [-0.15, -0.1) is 0 Å². The molecule has 0 aromatic heterocycles. The Balaban J connectivity index is 3.39. The van der Waals surface area contributed by atoms with Crippen LogP contribution in [-0.4, -0.2) is 28.1 Å². The molecule has 1 rings (SSSR count). The highest BCUT2D eigenvalue weighted by atomic mass is 16.4. The summed E-state index contributed by atoms with van der Waals surface area (Å²) in [5, 5.41) is 17.5. The van der Waals surface area contributed by atoms with Crippen molar-refractivity contribution in [1.29, 1.82) is 0 Å². The standard InChI is InChI=1S/C10H8NO5/c11-8(12)6-4-2-1-3-5(6)7(9(13)14)10(15)16/h1-2,4,11H,3H2,(H,13,14)(H,15,16). The van der Waals surface area contributed by atoms with E-state index in [1.54, 1.807) is 0 Å². The van der Waals surface area contributed by atoms with Crippen molar-refractivity contribution in [1.82, 2.24) is 5.73 Å². The first-order chi connectivity index (χ1) is 7.45. The van der Waals surface area contributed by atoms with Crippen LogP contribution in [0.2, 0.25) is 0 Å². The topological polar surface area (TPSA) is 115 Å². The van der Waals surface area contributed by atoms with Crippen LogP contribution in [0.1, 0.15) is 6.42 Å². The minimum Gasteiger partial charge on any atom is -0.477 e. The maximum atomic E-state index is 10.9. The molecule has 3 N–H and O–H groups in total. The Hall–Kier alpha value is -2.37. The third-order valence-corrected chi connectivity index (χ3v) is 2.02. The first-order valence-corrected chi connectivity index (χ1v) is 4.28. The Morgan fingerprint density at radius 3 is 2.19 bits per heavy atom. The Morgan fingerprint density at radius 2 is 1.75 bits per heavy atom. The summed E-state index contributed by atoms with van der Waals surface area (Å²) in [5.74, 6) is -4.34. The first-order valence-electron chi connectivity index (χ1n) is 4.28. The molecule has 0 unspecified atom stereocenters. The van der Waals surface area contributed by atoms with Gasteiger partial charge in [0.15, 0.2) is 0 Å². The minimum absolute atomic E-state index is 0.0182. The molecule has 6 nitrogen and oxygen atoms in total. The summed E-state index contributed by atoms with van der Waals surface area (Å²) in [6.45, 7) is 0. The van der Waals surface area contributed by atoms with Gasteiger partial charge in [0.25, 0.3) is 5.91 Å². The van der Waals surface area contributed by atoms with E-state index < -0.39 is 23.4 Å². The third kappa shape index (κ3) is 2.17. The molecule has 0 aliphatic heterocycles. The second-order valence-corrected chi connectivity index (χ2v) is 3.01. The Labute approximate surface area is 90.4 Å². The molecule has 1 radical (unpaired) electrons. The number of amides is 1. The van der Waals surface area contributed by atoms with E-state index in [1.807, 2.05) is 0 Å². The van der Waals surface area contributed by atoms with Crippen LogP contribution in [0.3, 0.4) is 0 Å². The van der Waals surface area contributed by atoms with Crippen LogP contribution < -0.4 is 5.73 Å². The highest BCUT2D eigenvalue weighted by molar-refractivity contribution is 6.15. The average Bonchev–Trinajstić information content (AvgIpc) is 2.17. The van der Waals surface area contributed by atoms with Gasteiger partial charge in [-0.25, -0.2) is 9.59 Å². The quantitative estimate of drug-likeness (QED) is 0.400. The zero-order valence-corrected chi connectivity index (χ0v) is 8.06. The zero-order chi connectivity index (χ0) is 12.3. The number of carboxylic acid groups (broad SMARTS) is 2. The average molecular weight is 222 g/mol. The number of carboxylic acids is 2. The van der Waals surface area contributed by atoms with Crippen LogP contribution in [0.4, 0.5) is 0 Å². The molecule has 83 valence electrons.